The zero-order chi connectivity index (χ0) is 12.7. The molecule has 0 saturated carbocycles. The van der Waals surface area contributed by atoms with E-state index in [1.54, 1.807) is 0 Å². The van der Waals surface area contributed by atoms with E-state index in [9.17, 15) is 9.90 Å². The van der Waals surface area contributed by atoms with Crippen LogP contribution in [0.1, 0.15) is 18.5 Å². The fraction of sp³-hybridized carbons (Fsp3) is 0.556. The number of hydrogen-bond donors (Lipinski definition) is 5. The van der Waals surface area contributed by atoms with Crippen molar-refractivity contribution in [1.29, 1.82) is 0 Å². The average molecular weight is 259 g/mol. The molecule has 7 nitrogen and oxygen atoms in total. The van der Waals surface area contributed by atoms with Crippen LogP contribution in [0.5, 0.6) is 0 Å². The Kier molecular flexibility index (Phi) is 2.90. The first kappa shape index (κ1) is 12.4. The number of aromatic amines is 1. The summed E-state index contributed by atoms with van der Waals surface area (Å²) in [5, 5.41) is 19.3. The van der Waals surface area contributed by atoms with E-state index in [2.05, 4.69) is 22.6 Å². The Hall–Kier alpha value is -1.09. The summed E-state index contributed by atoms with van der Waals surface area (Å²) < 4.78 is 5.30. The minimum Gasteiger partial charge on any atom is -0.392 e. The van der Waals surface area contributed by atoms with Crippen molar-refractivity contribution < 1.29 is 14.9 Å². The lowest BCUT2D eigenvalue weighted by molar-refractivity contribution is -0.216. The van der Waals surface area contributed by atoms with E-state index in [-0.39, 0.29) is 24.5 Å². The maximum absolute atomic E-state index is 11.2. The van der Waals surface area contributed by atoms with Gasteiger partial charge in [0, 0.05) is 12.5 Å². The van der Waals surface area contributed by atoms with Crippen LogP contribution in [0.15, 0.2) is 10.9 Å². The van der Waals surface area contributed by atoms with Crippen LogP contribution >= 0.6 is 12.6 Å². The number of aliphatic hydroxyl groups is 2. The second-order valence-electron chi connectivity index (χ2n) is 4.02. The Bertz CT molecular complexity index is 493. The van der Waals surface area contributed by atoms with E-state index in [1.807, 2.05) is 0 Å². The molecule has 94 valence electrons. The van der Waals surface area contributed by atoms with Crippen LogP contribution in [-0.2, 0) is 10.5 Å². The number of aliphatic hydroxyl groups excluding tert-OH is 1. The maximum atomic E-state index is 11.2. The number of nitrogens with one attached hydrogen (secondary N) is 1. The van der Waals surface area contributed by atoms with Crippen molar-refractivity contribution in [3.63, 3.8) is 0 Å². The van der Waals surface area contributed by atoms with Crippen molar-refractivity contribution >= 4 is 18.4 Å². The van der Waals surface area contributed by atoms with Gasteiger partial charge in [-0.1, -0.05) is 0 Å². The fourth-order valence-electron chi connectivity index (χ4n) is 1.77. The van der Waals surface area contributed by atoms with Crippen LogP contribution in [0.4, 0.5) is 5.82 Å². The van der Waals surface area contributed by atoms with E-state index in [4.69, 9.17) is 15.6 Å². The lowest BCUT2D eigenvalue weighted by Gasteiger charge is -2.26. The number of ether oxygens (including phenoxy) is 1. The third-order valence-corrected chi connectivity index (χ3v) is 3.10. The topological polar surface area (TPSA) is 121 Å². The summed E-state index contributed by atoms with van der Waals surface area (Å²) in [7, 11) is 0. The molecule has 2 rings (SSSR count). The Balaban J connectivity index is 2.37. The molecule has 0 aliphatic carbocycles. The SMILES string of the molecule is Nc1cc([C@]2(O)CC[C@](S)(CO)O2)[nH]c(=O)n1. The summed E-state index contributed by atoms with van der Waals surface area (Å²) in [6, 6.07) is 1.32. The summed E-state index contributed by atoms with van der Waals surface area (Å²) in [4.78, 5) is 15.8. The number of rotatable bonds is 2. The van der Waals surface area contributed by atoms with Crippen LogP contribution in [0.2, 0.25) is 0 Å². The van der Waals surface area contributed by atoms with Gasteiger partial charge in [-0.25, -0.2) is 4.79 Å². The molecule has 8 heteroatoms. The highest BCUT2D eigenvalue weighted by molar-refractivity contribution is 7.81. The third-order valence-electron chi connectivity index (χ3n) is 2.65. The van der Waals surface area contributed by atoms with Crippen LogP contribution < -0.4 is 11.4 Å². The molecule has 17 heavy (non-hydrogen) atoms. The van der Waals surface area contributed by atoms with E-state index in [1.165, 1.54) is 6.07 Å². The fourth-order valence-corrected chi connectivity index (χ4v) is 2.03. The number of nitrogens with zero attached hydrogens (tertiary/aromatic N) is 1. The molecule has 5 N–H and O–H groups in total. The molecule has 1 saturated heterocycles. The molecule has 0 aromatic carbocycles. The Morgan fingerprint density at radius 1 is 1.65 bits per heavy atom. The van der Waals surface area contributed by atoms with Gasteiger partial charge in [0.25, 0.3) is 0 Å². The smallest absolute Gasteiger partial charge is 0.347 e. The maximum Gasteiger partial charge on any atom is 0.347 e. The minimum absolute atomic E-state index is 0.0126. The summed E-state index contributed by atoms with van der Waals surface area (Å²) in [5.74, 6) is -1.72. The molecule has 0 bridgehead atoms. The summed E-state index contributed by atoms with van der Waals surface area (Å²) >= 11 is 4.13. The van der Waals surface area contributed by atoms with Gasteiger partial charge < -0.3 is 25.7 Å². The van der Waals surface area contributed by atoms with Crippen LogP contribution in [0.25, 0.3) is 0 Å². The Morgan fingerprint density at radius 3 is 2.88 bits per heavy atom. The molecule has 1 aliphatic heterocycles. The first-order chi connectivity index (χ1) is 7.87. The third kappa shape index (κ3) is 2.29. The highest BCUT2D eigenvalue weighted by atomic mass is 32.1. The van der Waals surface area contributed by atoms with Gasteiger partial charge in [-0.3, -0.25) is 0 Å². The highest BCUT2D eigenvalue weighted by Crippen LogP contribution is 2.43. The van der Waals surface area contributed by atoms with Crippen LogP contribution in [0, 0.1) is 0 Å². The molecule has 0 unspecified atom stereocenters. The first-order valence-electron chi connectivity index (χ1n) is 5.00. The average Bonchev–Trinajstić information content (AvgIpc) is 2.56. The van der Waals surface area contributed by atoms with Crippen molar-refractivity contribution in [2.24, 2.45) is 0 Å². The molecule has 0 amide bonds. The van der Waals surface area contributed by atoms with Crippen molar-refractivity contribution in [1.82, 2.24) is 9.97 Å². The molecular weight excluding hydrogens is 246 g/mol. The summed E-state index contributed by atoms with van der Waals surface area (Å²) in [6.07, 6.45) is 0.532. The lowest BCUT2D eigenvalue weighted by atomic mass is 10.1. The van der Waals surface area contributed by atoms with Gasteiger partial charge in [0.05, 0.1) is 12.3 Å². The molecular formula is C9H13N3O4S. The number of nitrogen functional groups attached to an aromatic ring is 1. The Morgan fingerprint density at radius 2 is 2.35 bits per heavy atom. The van der Waals surface area contributed by atoms with Crippen molar-refractivity contribution in [2.45, 2.75) is 23.6 Å². The number of H-pyrrole nitrogens is 1. The molecule has 2 atom stereocenters. The monoisotopic (exact) mass is 259 g/mol. The van der Waals surface area contributed by atoms with E-state index in [0.717, 1.165) is 0 Å². The van der Waals surface area contributed by atoms with Gasteiger partial charge in [0.1, 0.15) is 10.8 Å². The van der Waals surface area contributed by atoms with Gasteiger partial charge in [0.2, 0.25) is 5.79 Å². The number of aromatic nitrogens is 2. The quantitative estimate of drug-likeness (QED) is 0.431. The highest BCUT2D eigenvalue weighted by Gasteiger charge is 2.48. The van der Waals surface area contributed by atoms with Gasteiger partial charge in [-0.2, -0.15) is 4.98 Å². The number of hydrogen-bond acceptors (Lipinski definition) is 7. The molecule has 1 aromatic heterocycles. The molecule has 1 aliphatic rings. The predicted molar refractivity (Wildman–Crippen MR) is 62.3 cm³/mol. The standard InChI is InChI=1S/C9H13N3O4S/c10-6-3-5(11-7(14)12-6)9(15)2-1-8(17,4-13)16-9/h3,13,15,17H,1-2,4H2,(H3,10,11,12,14)/t8-,9-/m0/s1. The lowest BCUT2D eigenvalue weighted by Crippen LogP contribution is -2.34. The largest absolute Gasteiger partial charge is 0.392 e. The zero-order valence-corrected chi connectivity index (χ0v) is 9.78. The van der Waals surface area contributed by atoms with Gasteiger partial charge >= 0.3 is 5.69 Å². The molecule has 1 aromatic rings. The van der Waals surface area contributed by atoms with Crippen molar-refractivity contribution in [3.05, 3.63) is 22.2 Å². The molecule has 1 fully saturated rings. The zero-order valence-electron chi connectivity index (χ0n) is 8.88. The van der Waals surface area contributed by atoms with Crippen LogP contribution in [0.3, 0.4) is 0 Å². The van der Waals surface area contributed by atoms with Crippen molar-refractivity contribution in [3.8, 4) is 0 Å². The van der Waals surface area contributed by atoms with Crippen LogP contribution in [-0.4, -0.2) is 31.7 Å². The van der Waals surface area contributed by atoms with Crippen molar-refractivity contribution in [2.75, 3.05) is 12.3 Å². The van der Waals surface area contributed by atoms with Gasteiger partial charge in [-0.15, -0.1) is 12.6 Å². The second kappa shape index (κ2) is 3.98. The normalized spacial score (nSPS) is 32.9. The second-order valence-corrected chi connectivity index (χ2v) is 4.83. The minimum atomic E-state index is -1.71. The number of nitrogens with two attached hydrogens (primary N) is 1. The summed E-state index contributed by atoms with van der Waals surface area (Å²) in [5.41, 5.74) is 4.86. The van der Waals surface area contributed by atoms with E-state index >= 15 is 0 Å². The molecule has 0 spiro atoms. The number of thiol groups is 1. The van der Waals surface area contributed by atoms with Gasteiger partial charge in [-0.05, 0) is 6.42 Å². The number of anilines is 1. The van der Waals surface area contributed by atoms with Gasteiger partial charge in [0.15, 0.2) is 0 Å². The predicted octanol–water partition coefficient (Wildman–Crippen LogP) is -1.07. The molecule has 0 radical (unpaired) electrons. The Labute approximate surface area is 102 Å². The van der Waals surface area contributed by atoms with E-state index < -0.39 is 16.4 Å². The van der Waals surface area contributed by atoms with E-state index in [0.29, 0.717) is 6.42 Å². The molecule has 2 heterocycles. The summed E-state index contributed by atoms with van der Waals surface area (Å²) in [6.45, 7) is -0.344. The first-order valence-corrected chi connectivity index (χ1v) is 5.45.